The van der Waals surface area contributed by atoms with Gasteiger partial charge in [0.1, 0.15) is 12.2 Å². The molecule has 0 unspecified atom stereocenters. The number of fused-ring (bicyclic) bond motifs is 3. The summed E-state index contributed by atoms with van der Waals surface area (Å²) < 4.78 is 17.0. The summed E-state index contributed by atoms with van der Waals surface area (Å²) in [5, 5.41) is 13.9. The summed E-state index contributed by atoms with van der Waals surface area (Å²) >= 11 is 13.4. The quantitative estimate of drug-likeness (QED) is 0.0849. The fraction of sp³-hybridized carbons (Fsp3) is 0.512. The highest BCUT2D eigenvalue weighted by Gasteiger charge is 2.27. The second kappa shape index (κ2) is 42.2. The number of amides is 3. The summed E-state index contributed by atoms with van der Waals surface area (Å²) in [7, 11) is 0. The smallest absolute Gasteiger partial charge is 0.339 e. The molecule has 6 heterocycles. The van der Waals surface area contributed by atoms with Crippen molar-refractivity contribution >= 4 is 76.0 Å². The number of ether oxygens (including phenoxy) is 3. The first-order chi connectivity index (χ1) is 48.3. The van der Waals surface area contributed by atoms with E-state index in [1.165, 1.54) is 6.42 Å². The van der Waals surface area contributed by atoms with Crippen LogP contribution in [0.25, 0.3) is 0 Å². The number of benzene rings is 3. The van der Waals surface area contributed by atoms with Crippen molar-refractivity contribution in [2.75, 3.05) is 65.7 Å². The molecule has 18 nitrogen and oxygen atoms in total. The standard InChI is InChI=1S/2C27H35ClN2O4.C26H34N2O4/c2*1-19-16-20(2)26(28)23-17-22(29-33-18-24(31)30-14-10-7-11-15-30)13-9-6-4-5-8-12-21(3)34-27(32)25(19)23;1-20-16-21(2)25-22(17-20)18-23(12-8-5-3-4-6-11-15-31-26(25)30)27-32-19-24(29)28-13-9-7-10-14-28/h2*5,8-9,13,16,21H,4,6-7,10-12,14-15,17-18H2,1-3H3;4,6,8,12,16-17H,3,5,7,9-11,13-15,18-19H2,1-2H3/b8-5+,13-9+,29-22+;8-5+,13-9+,29-22-;6-4+,12-8+,27-23-/t2*21-;/m11./s1. The fourth-order valence-corrected chi connectivity index (χ4v) is 13.2. The van der Waals surface area contributed by atoms with Gasteiger partial charge < -0.3 is 43.4 Å². The molecule has 0 N–H and O–H groups in total. The molecular formula is C80H104Cl2N6O12. The predicted molar refractivity (Wildman–Crippen MR) is 397 cm³/mol. The van der Waals surface area contributed by atoms with E-state index in [2.05, 4.69) is 39.8 Å². The third-order valence-corrected chi connectivity index (χ3v) is 19.0. The maximum atomic E-state index is 13.1. The van der Waals surface area contributed by atoms with E-state index >= 15 is 0 Å². The first-order valence-electron chi connectivity index (χ1n) is 35.9. The van der Waals surface area contributed by atoms with Crippen LogP contribution in [-0.4, -0.2) is 145 Å². The van der Waals surface area contributed by atoms with E-state index in [0.717, 1.165) is 168 Å². The number of piperidine rings is 3. The number of carbonyl (C=O) groups excluding carboxylic acids is 6. The SMILES string of the molecule is Cc1cc(C)c2c(c1)CC(=N\OCC(=O)N1CCCCC1)/C=C/CC/C=C/CCOC2=O.Cc1cc(C)c2c(c1Cl)CC(=N/OCC(=O)N1CCCCC1)/C=C/CC/C=C/C[C@@H](C)OC2=O.Cc1cc(C)c2c(c1Cl)CC(=N\OCC(=O)N1CCCCC1)/C=C/CC/C=C/C[C@@H](C)OC2=O. The summed E-state index contributed by atoms with van der Waals surface area (Å²) in [5.41, 5.74) is 10.9. The first kappa shape index (κ1) is 79.2. The van der Waals surface area contributed by atoms with Crippen molar-refractivity contribution < 1.29 is 57.5 Å². The monoisotopic (exact) mass is 1410 g/mol. The van der Waals surface area contributed by atoms with Crippen LogP contribution in [0.2, 0.25) is 10.0 Å². The molecule has 9 rings (SSSR count). The molecule has 3 saturated heterocycles. The lowest BCUT2D eigenvalue weighted by atomic mass is 9.94. The van der Waals surface area contributed by atoms with Gasteiger partial charge in [0.05, 0.1) is 40.4 Å². The van der Waals surface area contributed by atoms with Gasteiger partial charge >= 0.3 is 17.9 Å². The van der Waals surface area contributed by atoms with Gasteiger partial charge in [0.15, 0.2) is 19.8 Å². The molecule has 0 spiro atoms. The zero-order chi connectivity index (χ0) is 71.8. The number of carbonyl (C=O) groups is 6. The van der Waals surface area contributed by atoms with Crippen LogP contribution in [0.5, 0.6) is 0 Å². The van der Waals surface area contributed by atoms with Crippen LogP contribution < -0.4 is 0 Å². The molecule has 0 aromatic heterocycles. The van der Waals surface area contributed by atoms with Crippen LogP contribution in [0, 0.1) is 41.5 Å². The molecule has 3 amide bonds. The van der Waals surface area contributed by atoms with Crippen molar-refractivity contribution in [3.63, 3.8) is 0 Å². The van der Waals surface area contributed by atoms with Gasteiger partial charge in [-0.15, -0.1) is 0 Å². The Morgan fingerprint density at radius 2 is 0.780 bits per heavy atom. The second-order valence-corrected chi connectivity index (χ2v) is 27.3. The Balaban J connectivity index is 0.000000211. The minimum Gasteiger partial charge on any atom is -0.462 e. The Kier molecular flexibility index (Phi) is 33.5. The number of aryl methyl sites for hydroxylation is 6. The molecule has 0 aliphatic carbocycles. The minimum atomic E-state index is -0.392. The van der Waals surface area contributed by atoms with Gasteiger partial charge in [0.25, 0.3) is 17.7 Å². The molecule has 0 bridgehead atoms. The Labute approximate surface area is 602 Å². The molecular weight excluding hydrogens is 1310 g/mol. The average Bonchev–Trinajstić information content (AvgIpc) is 0.809. The van der Waals surface area contributed by atoms with Crippen LogP contribution in [0.3, 0.4) is 0 Å². The zero-order valence-electron chi connectivity index (χ0n) is 60.2. The summed E-state index contributed by atoms with van der Waals surface area (Å²) in [6, 6.07) is 7.79. The fourth-order valence-electron chi connectivity index (χ4n) is 12.8. The van der Waals surface area contributed by atoms with Crippen molar-refractivity contribution in [3.8, 4) is 0 Å². The van der Waals surface area contributed by atoms with Crippen molar-refractivity contribution in [1.82, 2.24) is 14.7 Å². The van der Waals surface area contributed by atoms with E-state index in [9.17, 15) is 28.8 Å². The van der Waals surface area contributed by atoms with Crippen LogP contribution in [0.15, 0.2) is 113 Å². The summed E-state index contributed by atoms with van der Waals surface area (Å²) in [5.74, 6) is -1.23. The number of hydrogen-bond donors (Lipinski definition) is 0. The summed E-state index contributed by atoms with van der Waals surface area (Å²) in [4.78, 5) is 98.3. The molecule has 0 saturated carbocycles. The van der Waals surface area contributed by atoms with Crippen LogP contribution in [-0.2, 0) is 62.4 Å². The number of hydrogen-bond acceptors (Lipinski definition) is 15. The molecule has 3 aromatic rings. The lowest BCUT2D eigenvalue weighted by molar-refractivity contribution is -0.137. The van der Waals surface area contributed by atoms with Gasteiger partial charge in [-0.3, -0.25) is 14.4 Å². The number of oxime groups is 3. The number of halogens is 2. The number of likely N-dealkylation sites (tertiary alicyclic amines) is 3. The van der Waals surface area contributed by atoms with Gasteiger partial charge in [-0.1, -0.05) is 123 Å². The maximum absolute atomic E-state index is 13.1. The average molecular weight is 1410 g/mol. The minimum absolute atomic E-state index is 0.0280. The molecule has 6 aliphatic rings. The van der Waals surface area contributed by atoms with E-state index in [4.69, 9.17) is 51.9 Å². The van der Waals surface area contributed by atoms with Crippen molar-refractivity contribution in [2.45, 2.75) is 202 Å². The second-order valence-electron chi connectivity index (χ2n) is 26.6. The highest BCUT2D eigenvalue weighted by molar-refractivity contribution is 6.33. The Morgan fingerprint density at radius 1 is 0.430 bits per heavy atom. The Bertz CT molecular complexity index is 3430. The molecule has 6 aliphatic heterocycles. The zero-order valence-corrected chi connectivity index (χ0v) is 61.7. The van der Waals surface area contributed by atoms with E-state index in [-0.39, 0.29) is 55.7 Å². The van der Waals surface area contributed by atoms with Crippen molar-refractivity contribution in [3.05, 3.63) is 174 Å². The van der Waals surface area contributed by atoms with Gasteiger partial charge in [-0.05, 0) is 221 Å². The first-order valence-corrected chi connectivity index (χ1v) is 36.6. The topological polar surface area (TPSA) is 205 Å². The Hall–Kier alpha value is -8.09. The van der Waals surface area contributed by atoms with E-state index in [0.29, 0.717) is 100 Å². The normalized spacial score (nSPS) is 22.4. The lowest BCUT2D eigenvalue weighted by Crippen LogP contribution is -2.37. The molecule has 2 atom stereocenters. The third kappa shape index (κ3) is 25.8. The predicted octanol–water partition coefficient (Wildman–Crippen LogP) is 16.1. The molecule has 540 valence electrons. The van der Waals surface area contributed by atoms with E-state index in [1.54, 1.807) is 0 Å². The summed E-state index contributed by atoms with van der Waals surface area (Å²) in [6.45, 7) is 20.1. The van der Waals surface area contributed by atoms with E-state index < -0.39 is 11.9 Å². The highest BCUT2D eigenvalue weighted by atomic mass is 35.5. The third-order valence-electron chi connectivity index (χ3n) is 18.0. The number of cyclic esters (lactones) is 3. The summed E-state index contributed by atoms with van der Waals surface area (Å²) in [6.07, 6.45) is 41.7. The highest BCUT2D eigenvalue weighted by Crippen LogP contribution is 2.32. The number of nitrogens with zero attached hydrogens (tertiary/aromatic N) is 6. The Morgan fingerprint density at radius 3 is 1.18 bits per heavy atom. The van der Waals surface area contributed by atoms with Gasteiger partial charge in [0.2, 0.25) is 0 Å². The lowest BCUT2D eigenvalue weighted by Gasteiger charge is -2.26. The van der Waals surface area contributed by atoms with Gasteiger partial charge in [-0.25, -0.2) is 14.4 Å². The van der Waals surface area contributed by atoms with Crippen LogP contribution in [0.1, 0.15) is 211 Å². The molecule has 100 heavy (non-hydrogen) atoms. The van der Waals surface area contributed by atoms with Gasteiger partial charge in [0, 0.05) is 81.4 Å². The molecule has 3 aromatic carbocycles. The van der Waals surface area contributed by atoms with Crippen LogP contribution in [0.4, 0.5) is 0 Å². The number of allylic oxidation sites excluding steroid dienone is 9. The van der Waals surface area contributed by atoms with Gasteiger partial charge in [-0.2, -0.15) is 0 Å². The van der Waals surface area contributed by atoms with Crippen molar-refractivity contribution in [1.29, 1.82) is 0 Å². The number of rotatable bonds is 9. The van der Waals surface area contributed by atoms with Crippen LogP contribution >= 0.6 is 23.2 Å². The maximum Gasteiger partial charge on any atom is 0.339 e. The van der Waals surface area contributed by atoms with E-state index in [1.807, 2.05) is 143 Å². The number of esters is 3. The molecule has 0 radical (unpaired) electrons. The van der Waals surface area contributed by atoms with Crippen molar-refractivity contribution in [2.24, 2.45) is 15.5 Å². The largest absolute Gasteiger partial charge is 0.462 e. The molecule has 20 heteroatoms. The molecule has 3 fully saturated rings.